The van der Waals surface area contributed by atoms with Crippen LogP contribution in [0.1, 0.15) is 26.7 Å². The van der Waals surface area contributed by atoms with Gasteiger partial charge in [0.15, 0.2) is 0 Å². The van der Waals surface area contributed by atoms with Crippen LogP contribution >= 0.6 is 0 Å². The maximum Gasteiger partial charge on any atom is 0.0549 e. The fourth-order valence-electron chi connectivity index (χ4n) is 0.650. The molecule has 0 aliphatic rings. The first kappa shape index (κ1) is 8.92. The third-order valence-electron chi connectivity index (χ3n) is 1.38. The molecule has 0 saturated carbocycles. The molecule has 1 atom stereocenters. The molecule has 0 saturated heterocycles. The van der Waals surface area contributed by atoms with Gasteiger partial charge in [-0.05, 0) is 25.9 Å². The molecule has 0 aromatic heterocycles. The highest BCUT2D eigenvalue weighted by Crippen LogP contribution is 1.93. The van der Waals surface area contributed by atoms with E-state index in [0.717, 1.165) is 25.9 Å². The summed E-state index contributed by atoms with van der Waals surface area (Å²) in [7, 11) is 0. The smallest absolute Gasteiger partial charge is 0.0549 e. The molecular weight excluding hydrogens is 114 g/mol. The van der Waals surface area contributed by atoms with E-state index in [1.807, 2.05) is 6.92 Å². The second kappa shape index (κ2) is 6.05. The summed E-state index contributed by atoms with van der Waals surface area (Å²) in [5, 5.41) is 12.2. The lowest BCUT2D eigenvalue weighted by Crippen LogP contribution is -2.19. The minimum atomic E-state index is -0.107. The van der Waals surface area contributed by atoms with Crippen molar-refractivity contribution in [2.45, 2.75) is 32.8 Å². The van der Waals surface area contributed by atoms with E-state index < -0.39 is 0 Å². The van der Waals surface area contributed by atoms with Crippen LogP contribution in [0.5, 0.6) is 0 Å². The Hall–Kier alpha value is -0.0800. The van der Waals surface area contributed by atoms with Gasteiger partial charge in [-0.3, -0.25) is 0 Å². The molecular formula is C7H17NO. The Morgan fingerprint density at radius 3 is 2.56 bits per heavy atom. The minimum absolute atomic E-state index is 0.107. The largest absolute Gasteiger partial charge is 0.393 e. The first-order chi connectivity index (χ1) is 4.31. The zero-order chi connectivity index (χ0) is 7.11. The summed E-state index contributed by atoms with van der Waals surface area (Å²) < 4.78 is 0. The summed E-state index contributed by atoms with van der Waals surface area (Å²) in [5.74, 6) is 0. The van der Waals surface area contributed by atoms with Crippen LogP contribution in [0.15, 0.2) is 0 Å². The Bertz CT molecular complexity index is 56.9. The normalized spacial score (nSPS) is 13.7. The molecule has 0 spiro atoms. The molecule has 2 nitrogen and oxygen atoms in total. The Balaban J connectivity index is 2.88. The van der Waals surface area contributed by atoms with Gasteiger partial charge in [-0.1, -0.05) is 13.8 Å². The van der Waals surface area contributed by atoms with Gasteiger partial charge in [0.1, 0.15) is 0 Å². The van der Waals surface area contributed by atoms with Gasteiger partial charge in [-0.15, -0.1) is 0 Å². The summed E-state index contributed by atoms with van der Waals surface area (Å²) >= 11 is 0. The Labute approximate surface area is 57.3 Å². The summed E-state index contributed by atoms with van der Waals surface area (Å²) in [4.78, 5) is 0. The number of aliphatic hydroxyl groups excluding tert-OH is 1. The molecule has 1 unspecified atom stereocenters. The molecule has 2 N–H and O–H groups in total. The van der Waals surface area contributed by atoms with Crippen LogP contribution < -0.4 is 5.32 Å². The first-order valence-electron chi connectivity index (χ1n) is 3.70. The summed E-state index contributed by atoms with van der Waals surface area (Å²) in [6.45, 7) is 6.00. The van der Waals surface area contributed by atoms with Crippen LogP contribution in [0.2, 0.25) is 0 Å². The van der Waals surface area contributed by atoms with Gasteiger partial charge >= 0.3 is 0 Å². The molecule has 0 aromatic rings. The second-order valence-electron chi connectivity index (χ2n) is 2.20. The van der Waals surface area contributed by atoms with Gasteiger partial charge in [0, 0.05) is 0 Å². The van der Waals surface area contributed by atoms with Crippen LogP contribution in [-0.4, -0.2) is 24.3 Å². The van der Waals surface area contributed by atoms with Crippen molar-refractivity contribution in [3.63, 3.8) is 0 Å². The van der Waals surface area contributed by atoms with Crippen LogP contribution in [0.3, 0.4) is 0 Å². The molecule has 0 heterocycles. The van der Waals surface area contributed by atoms with E-state index in [4.69, 9.17) is 5.11 Å². The lowest BCUT2D eigenvalue weighted by atomic mass is 10.2. The Kier molecular flexibility index (Phi) is 5.99. The van der Waals surface area contributed by atoms with Crippen molar-refractivity contribution >= 4 is 0 Å². The standard InChI is InChI=1S/C7H17NO/c1-3-7(9)5-6-8-4-2/h7-9H,3-6H2,1-2H3. The molecule has 0 aromatic carbocycles. The highest BCUT2D eigenvalue weighted by Gasteiger charge is 1.97. The maximum atomic E-state index is 9.04. The molecule has 9 heavy (non-hydrogen) atoms. The van der Waals surface area contributed by atoms with E-state index in [9.17, 15) is 0 Å². The van der Waals surface area contributed by atoms with Crippen molar-refractivity contribution in [1.29, 1.82) is 0 Å². The van der Waals surface area contributed by atoms with Gasteiger partial charge < -0.3 is 10.4 Å². The van der Waals surface area contributed by atoms with E-state index in [0.29, 0.717) is 0 Å². The van der Waals surface area contributed by atoms with E-state index in [1.54, 1.807) is 0 Å². The minimum Gasteiger partial charge on any atom is -0.393 e. The predicted octanol–water partition coefficient (Wildman–Crippen LogP) is 0.757. The Morgan fingerprint density at radius 1 is 1.44 bits per heavy atom. The molecule has 0 rings (SSSR count). The van der Waals surface area contributed by atoms with E-state index >= 15 is 0 Å². The Morgan fingerprint density at radius 2 is 2.11 bits per heavy atom. The van der Waals surface area contributed by atoms with Crippen molar-refractivity contribution in [3.8, 4) is 0 Å². The predicted molar refractivity (Wildman–Crippen MR) is 39.5 cm³/mol. The molecule has 0 amide bonds. The van der Waals surface area contributed by atoms with Crippen molar-refractivity contribution < 1.29 is 5.11 Å². The number of nitrogens with one attached hydrogen (secondary N) is 1. The lowest BCUT2D eigenvalue weighted by molar-refractivity contribution is 0.160. The van der Waals surface area contributed by atoms with E-state index in [-0.39, 0.29) is 6.10 Å². The van der Waals surface area contributed by atoms with Crippen LogP contribution in [0, 0.1) is 0 Å². The van der Waals surface area contributed by atoms with Crippen molar-refractivity contribution in [2.24, 2.45) is 0 Å². The van der Waals surface area contributed by atoms with Crippen molar-refractivity contribution in [2.75, 3.05) is 13.1 Å². The number of hydrogen-bond donors (Lipinski definition) is 2. The number of hydrogen-bond acceptors (Lipinski definition) is 2. The molecule has 56 valence electrons. The highest BCUT2D eigenvalue weighted by atomic mass is 16.3. The average Bonchev–Trinajstić information content (AvgIpc) is 1.89. The lowest BCUT2D eigenvalue weighted by Gasteiger charge is -2.06. The third kappa shape index (κ3) is 5.80. The fraction of sp³-hybridized carbons (Fsp3) is 1.00. The summed E-state index contributed by atoms with van der Waals surface area (Å²) in [6, 6.07) is 0. The molecule has 0 bridgehead atoms. The highest BCUT2D eigenvalue weighted by molar-refractivity contribution is 4.53. The quantitative estimate of drug-likeness (QED) is 0.540. The van der Waals surface area contributed by atoms with Gasteiger partial charge in [-0.25, -0.2) is 0 Å². The summed E-state index contributed by atoms with van der Waals surface area (Å²) in [5.41, 5.74) is 0. The van der Waals surface area contributed by atoms with Gasteiger partial charge in [0.05, 0.1) is 6.10 Å². The van der Waals surface area contributed by atoms with Crippen molar-refractivity contribution in [3.05, 3.63) is 0 Å². The van der Waals surface area contributed by atoms with Crippen molar-refractivity contribution in [1.82, 2.24) is 5.32 Å². The monoisotopic (exact) mass is 131 g/mol. The molecule has 0 aliphatic carbocycles. The van der Waals surface area contributed by atoms with Crippen LogP contribution in [0.4, 0.5) is 0 Å². The third-order valence-corrected chi connectivity index (χ3v) is 1.38. The molecule has 2 heteroatoms. The van der Waals surface area contributed by atoms with Gasteiger partial charge in [0.25, 0.3) is 0 Å². The molecule has 0 radical (unpaired) electrons. The fourth-order valence-corrected chi connectivity index (χ4v) is 0.650. The molecule has 0 aliphatic heterocycles. The van der Waals surface area contributed by atoms with E-state index in [2.05, 4.69) is 12.2 Å². The number of aliphatic hydroxyl groups is 1. The second-order valence-corrected chi connectivity index (χ2v) is 2.20. The zero-order valence-electron chi connectivity index (χ0n) is 6.35. The zero-order valence-corrected chi connectivity index (χ0v) is 6.35. The SMILES string of the molecule is CCNCCC(O)CC. The maximum absolute atomic E-state index is 9.04. The van der Waals surface area contributed by atoms with Crippen LogP contribution in [-0.2, 0) is 0 Å². The van der Waals surface area contributed by atoms with Crippen LogP contribution in [0.25, 0.3) is 0 Å². The summed E-state index contributed by atoms with van der Waals surface area (Å²) in [6.07, 6.45) is 1.64. The van der Waals surface area contributed by atoms with Gasteiger partial charge in [0.2, 0.25) is 0 Å². The average molecular weight is 131 g/mol. The van der Waals surface area contributed by atoms with Gasteiger partial charge in [-0.2, -0.15) is 0 Å². The topological polar surface area (TPSA) is 32.3 Å². The number of rotatable bonds is 5. The van der Waals surface area contributed by atoms with E-state index in [1.165, 1.54) is 0 Å². The molecule has 0 fully saturated rings. The first-order valence-corrected chi connectivity index (χ1v) is 3.70.